The third-order valence-electron chi connectivity index (χ3n) is 0.944. The number of hydrogen-bond donors (Lipinski definition) is 2. The van der Waals surface area contributed by atoms with Gasteiger partial charge in [-0.2, -0.15) is 0 Å². The average Bonchev–Trinajstić information content (AvgIpc) is 1.95. The minimum absolute atomic E-state index is 0.455. The zero-order valence-corrected chi connectivity index (χ0v) is 5.23. The molecule has 0 spiro atoms. The predicted molar refractivity (Wildman–Crippen MR) is 37.4 cm³/mol. The van der Waals surface area contributed by atoms with Crippen LogP contribution >= 0.6 is 0 Å². The van der Waals surface area contributed by atoms with Crippen LogP contribution in [0, 0.1) is 0 Å². The van der Waals surface area contributed by atoms with Gasteiger partial charge in [0.25, 0.3) is 0 Å². The SMILES string of the molecule is NN=Nc1ccc(N)nc1. The summed E-state index contributed by atoms with van der Waals surface area (Å²) in [6.07, 6.45) is 1.49. The Balaban J connectivity index is 2.89. The van der Waals surface area contributed by atoms with Crippen molar-refractivity contribution in [2.75, 3.05) is 5.73 Å². The van der Waals surface area contributed by atoms with Crippen LogP contribution in [0.2, 0.25) is 0 Å². The monoisotopic (exact) mass is 137 g/mol. The molecule has 4 N–H and O–H groups in total. The van der Waals surface area contributed by atoms with Crippen molar-refractivity contribution in [2.45, 2.75) is 0 Å². The maximum absolute atomic E-state index is 5.31. The molecule has 0 unspecified atom stereocenters. The predicted octanol–water partition coefficient (Wildman–Crippen LogP) is 0.621. The Morgan fingerprint density at radius 1 is 1.40 bits per heavy atom. The number of pyridine rings is 1. The smallest absolute Gasteiger partial charge is 0.123 e. The molecule has 0 atom stereocenters. The van der Waals surface area contributed by atoms with Gasteiger partial charge in [0.1, 0.15) is 11.5 Å². The Kier molecular flexibility index (Phi) is 1.79. The maximum Gasteiger partial charge on any atom is 0.123 e. The van der Waals surface area contributed by atoms with E-state index in [0.717, 1.165) is 0 Å². The van der Waals surface area contributed by atoms with Crippen molar-refractivity contribution in [1.29, 1.82) is 0 Å². The van der Waals surface area contributed by atoms with E-state index < -0.39 is 0 Å². The lowest BCUT2D eigenvalue weighted by molar-refractivity contribution is 1.05. The van der Waals surface area contributed by atoms with E-state index >= 15 is 0 Å². The molecule has 10 heavy (non-hydrogen) atoms. The van der Waals surface area contributed by atoms with Gasteiger partial charge in [-0.3, -0.25) is 0 Å². The van der Waals surface area contributed by atoms with Gasteiger partial charge in [-0.05, 0) is 12.1 Å². The van der Waals surface area contributed by atoms with E-state index in [-0.39, 0.29) is 0 Å². The fraction of sp³-hybridized carbons (Fsp3) is 0. The molecule has 1 aromatic heterocycles. The van der Waals surface area contributed by atoms with Gasteiger partial charge in [0, 0.05) is 0 Å². The standard InChI is InChI=1S/C5H7N5/c6-5-2-1-4(3-8-5)9-10-7/h1-3H,(H2,6,8)(H2,7,9). The first kappa shape index (κ1) is 6.47. The Morgan fingerprint density at radius 2 is 2.20 bits per heavy atom. The number of nitrogens with zero attached hydrogens (tertiary/aromatic N) is 3. The van der Waals surface area contributed by atoms with E-state index in [2.05, 4.69) is 15.3 Å². The molecule has 52 valence electrons. The van der Waals surface area contributed by atoms with Crippen molar-refractivity contribution in [3.63, 3.8) is 0 Å². The van der Waals surface area contributed by atoms with Crippen LogP contribution in [0.15, 0.2) is 28.7 Å². The molecule has 0 saturated carbocycles. The number of nitrogen functional groups attached to an aromatic ring is 1. The fourth-order valence-corrected chi connectivity index (χ4v) is 0.523. The highest BCUT2D eigenvalue weighted by Crippen LogP contribution is 2.09. The summed E-state index contributed by atoms with van der Waals surface area (Å²) in [6.45, 7) is 0. The molecule has 0 aliphatic rings. The summed E-state index contributed by atoms with van der Waals surface area (Å²) in [7, 11) is 0. The first-order valence-electron chi connectivity index (χ1n) is 2.65. The van der Waals surface area contributed by atoms with E-state index in [1.165, 1.54) is 6.20 Å². The van der Waals surface area contributed by atoms with E-state index in [0.29, 0.717) is 11.5 Å². The zero-order valence-electron chi connectivity index (χ0n) is 5.23. The Bertz CT molecular complexity index is 226. The molecule has 1 aromatic rings. The Hall–Kier alpha value is -1.65. The fourth-order valence-electron chi connectivity index (χ4n) is 0.523. The van der Waals surface area contributed by atoms with Gasteiger partial charge in [-0.15, -0.1) is 5.11 Å². The van der Waals surface area contributed by atoms with Crippen LogP contribution in [0.3, 0.4) is 0 Å². The minimum Gasteiger partial charge on any atom is -0.384 e. The van der Waals surface area contributed by atoms with Crippen molar-refractivity contribution in [3.8, 4) is 0 Å². The first-order chi connectivity index (χ1) is 4.83. The summed E-state index contributed by atoms with van der Waals surface area (Å²) < 4.78 is 0. The van der Waals surface area contributed by atoms with Crippen LogP contribution in [-0.2, 0) is 0 Å². The molecule has 5 heteroatoms. The van der Waals surface area contributed by atoms with E-state index in [9.17, 15) is 0 Å². The summed E-state index contributed by atoms with van der Waals surface area (Å²) in [5.74, 6) is 5.25. The largest absolute Gasteiger partial charge is 0.384 e. The second kappa shape index (κ2) is 2.77. The van der Waals surface area contributed by atoms with Gasteiger partial charge in [0.05, 0.1) is 6.20 Å². The number of aromatic nitrogens is 1. The molecular weight excluding hydrogens is 130 g/mol. The second-order valence-electron chi connectivity index (χ2n) is 1.66. The molecular formula is C5H7N5. The van der Waals surface area contributed by atoms with Gasteiger partial charge in [-0.1, -0.05) is 5.22 Å². The van der Waals surface area contributed by atoms with Crippen LogP contribution in [-0.4, -0.2) is 4.98 Å². The normalized spacial score (nSPS) is 10.4. The van der Waals surface area contributed by atoms with Gasteiger partial charge in [0.15, 0.2) is 0 Å². The van der Waals surface area contributed by atoms with Crippen molar-refractivity contribution < 1.29 is 0 Å². The lowest BCUT2D eigenvalue weighted by Gasteiger charge is -1.90. The summed E-state index contributed by atoms with van der Waals surface area (Å²) in [5, 5.41) is 6.61. The average molecular weight is 137 g/mol. The van der Waals surface area contributed by atoms with Crippen molar-refractivity contribution in [3.05, 3.63) is 18.3 Å². The second-order valence-corrected chi connectivity index (χ2v) is 1.66. The molecule has 0 bridgehead atoms. The van der Waals surface area contributed by atoms with Crippen LogP contribution < -0.4 is 11.6 Å². The Labute approximate surface area is 57.7 Å². The van der Waals surface area contributed by atoms with Crippen LogP contribution in [0.4, 0.5) is 11.5 Å². The molecule has 0 saturated heterocycles. The minimum atomic E-state index is 0.455. The van der Waals surface area contributed by atoms with Crippen LogP contribution in [0.1, 0.15) is 0 Å². The van der Waals surface area contributed by atoms with Crippen molar-refractivity contribution >= 4 is 11.5 Å². The van der Waals surface area contributed by atoms with Crippen molar-refractivity contribution in [1.82, 2.24) is 4.98 Å². The third-order valence-corrected chi connectivity index (χ3v) is 0.944. The quantitative estimate of drug-likeness (QED) is 0.337. The summed E-state index contributed by atoms with van der Waals surface area (Å²) >= 11 is 0. The van der Waals surface area contributed by atoms with E-state index in [1.54, 1.807) is 12.1 Å². The first-order valence-corrected chi connectivity index (χ1v) is 2.65. The maximum atomic E-state index is 5.31. The summed E-state index contributed by atoms with van der Waals surface area (Å²) in [4.78, 5) is 3.77. The van der Waals surface area contributed by atoms with Gasteiger partial charge in [0.2, 0.25) is 0 Å². The van der Waals surface area contributed by atoms with E-state index in [4.69, 9.17) is 11.6 Å². The highest BCUT2D eigenvalue weighted by Gasteiger charge is 1.87. The molecule has 0 aliphatic carbocycles. The number of rotatable bonds is 1. The number of anilines is 1. The number of nitrogens with two attached hydrogens (primary N) is 2. The highest BCUT2D eigenvalue weighted by molar-refractivity contribution is 5.39. The molecule has 0 amide bonds. The molecule has 0 radical (unpaired) electrons. The molecule has 0 aromatic carbocycles. The summed E-state index contributed by atoms with van der Waals surface area (Å²) in [5.41, 5.74) is 5.90. The molecule has 1 rings (SSSR count). The van der Waals surface area contributed by atoms with Gasteiger partial charge >= 0.3 is 0 Å². The Morgan fingerprint density at radius 3 is 2.70 bits per heavy atom. The lowest BCUT2D eigenvalue weighted by Crippen LogP contribution is -1.86. The topological polar surface area (TPSA) is 89.6 Å². The van der Waals surface area contributed by atoms with Crippen LogP contribution in [0.5, 0.6) is 0 Å². The van der Waals surface area contributed by atoms with Crippen LogP contribution in [0.25, 0.3) is 0 Å². The lowest BCUT2D eigenvalue weighted by atomic mass is 10.4. The number of hydrogen-bond acceptors (Lipinski definition) is 4. The van der Waals surface area contributed by atoms with Gasteiger partial charge < -0.3 is 11.6 Å². The summed E-state index contributed by atoms with van der Waals surface area (Å²) in [6, 6.07) is 3.31. The zero-order chi connectivity index (χ0) is 7.40. The molecule has 5 nitrogen and oxygen atoms in total. The van der Waals surface area contributed by atoms with Gasteiger partial charge in [-0.25, -0.2) is 4.98 Å². The molecule has 0 aliphatic heterocycles. The van der Waals surface area contributed by atoms with Crippen molar-refractivity contribution in [2.24, 2.45) is 16.2 Å². The third kappa shape index (κ3) is 1.41. The highest BCUT2D eigenvalue weighted by atomic mass is 15.3. The molecule has 1 heterocycles. The molecule has 0 fully saturated rings. The van der Waals surface area contributed by atoms with E-state index in [1.807, 2.05) is 0 Å².